The van der Waals surface area contributed by atoms with E-state index in [0.717, 1.165) is 19.3 Å². The van der Waals surface area contributed by atoms with E-state index in [1.807, 2.05) is 0 Å². The maximum Gasteiger partial charge on any atom is 0.306 e. The van der Waals surface area contributed by atoms with Crippen molar-refractivity contribution in [1.29, 1.82) is 0 Å². The molecule has 1 aliphatic heterocycles. The van der Waals surface area contributed by atoms with Crippen LogP contribution in [0.1, 0.15) is 32.6 Å². The Balaban J connectivity index is 2.17. The van der Waals surface area contributed by atoms with Gasteiger partial charge in [-0.2, -0.15) is 0 Å². The highest BCUT2D eigenvalue weighted by Gasteiger charge is 2.44. The number of hydrogen-bond donors (Lipinski definition) is 1. The summed E-state index contributed by atoms with van der Waals surface area (Å²) >= 11 is 0. The Hall–Kier alpha value is -0.570. The molecule has 0 aromatic carbocycles. The van der Waals surface area contributed by atoms with Crippen molar-refractivity contribution < 1.29 is 14.6 Å². The second-order valence-electron chi connectivity index (χ2n) is 4.33. The molecule has 0 aromatic rings. The van der Waals surface area contributed by atoms with Crippen LogP contribution < -0.4 is 0 Å². The van der Waals surface area contributed by atoms with Gasteiger partial charge in [0.05, 0.1) is 12.5 Å². The van der Waals surface area contributed by atoms with E-state index in [9.17, 15) is 9.90 Å². The quantitative estimate of drug-likeness (QED) is 0.548. The van der Waals surface area contributed by atoms with Gasteiger partial charge in [-0.05, 0) is 24.7 Å². The minimum absolute atomic E-state index is 0.0965. The van der Waals surface area contributed by atoms with E-state index in [1.54, 1.807) is 0 Å². The van der Waals surface area contributed by atoms with E-state index in [0.29, 0.717) is 6.42 Å². The van der Waals surface area contributed by atoms with Gasteiger partial charge in [0.25, 0.3) is 0 Å². The molecule has 2 rings (SSSR count). The highest BCUT2D eigenvalue weighted by atomic mass is 16.6. The summed E-state index contributed by atoms with van der Waals surface area (Å²) in [5, 5.41) is 9.48. The third-order valence-corrected chi connectivity index (χ3v) is 3.02. The van der Waals surface area contributed by atoms with Gasteiger partial charge in [-0.15, -0.1) is 0 Å². The van der Waals surface area contributed by atoms with Crippen LogP contribution in [0.4, 0.5) is 0 Å². The molecule has 2 aliphatic rings. The number of carbonyl (C=O) groups is 1. The van der Waals surface area contributed by atoms with Gasteiger partial charge in [-0.3, -0.25) is 4.79 Å². The average Bonchev–Trinajstić information content (AvgIpc) is 1.96. The van der Waals surface area contributed by atoms with Crippen LogP contribution in [0.5, 0.6) is 0 Å². The lowest BCUT2D eigenvalue weighted by Gasteiger charge is -2.43. The second kappa shape index (κ2) is 2.46. The normalized spacial score (nSPS) is 47.0. The van der Waals surface area contributed by atoms with Gasteiger partial charge in [-0.25, -0.2) is 0 Å². The number of rotatable bonds is 0. The summed E-state index contributed by atoms with van der Waals surface area (Å²) in [5.74, 6) is -0.146. The van der Waals surface area contributed by atoms with Crippen LogP contribution in [0.3, 0.4) is 0 Å². The lowest BCUT2D eigenvalue weighted by atomic mass is 9.70. The number of ether oxygens (including phenoxy) is 1. The molecule has 0 radical (unpaired) electrons. The van der Waals surface area contributed by atoms with Gasteiger partial charge < -0.3 is 9.84 Å². The van der Waals surface area contributed by atoms with Crippen molar-refractivity contribution in [3.63, 3.8) is 0 Å². The Labute approximate surface area is 71.7 Å². The third kappa shape index (κ3) is 1.22. The molecule has 2 fully saturated rings. The van der Waals surface area contributed by atoms with Crippen molar-refractivity contribution in [2.45, 2.75) is 44.8 Å². The molecule has 0 unspecified atom stereocenters. The summed E-state index contributed by atoms with van der Waals surface area (Å²) in [4.78, 5) is 11.1. The molecule has 0 amide bonds. The van der Waals surface area contributed by atoms with Gasteiger partial charge >= 0.3 is 5.97 Å². The summed E-state index contributed by atoms with van der Waals surface area (Å²) in [6.45, 7) is 2.10. The lowest BCUT2D eigenvalue weighted by Crippen LogP contribution is -2.47. The van der Waals surface area contributed by atoms with Crippen molar-refractivity contribution in [2.24, 2.45) is 5.41 Å². The van der Waals surface area contributed by atoms with Crippen molar-refractivity contribution >= 4 is 5.97 Å². The summed E-state index contributed by atoms with van der Waals surface area (Å²) in [6, 6.07) is 0. The first-order valence-electron chi connectivity index (χ1n) is 4.47. The molecule has 3 nitrogen and oxygen atoms in total. The van der Waals surface area contributed by atoms with Gasteiger partial charge in [0.1, 0.15) is 6.10 Å². The molecule has 1 saturated heterocycles. The molecule has 12 heavy (non-hydrogen) atoms. The number of carbonyl (C=O) groups excluding carboxylic acids is 1. The molecular formula is C9H14O3. The highest BCUT2D eigenvalue weighted by molar-refractivity contribution is 5.71. The summed E-state index contributed by atoms with van der Waals surface area (Å²) in [6.07, 6.45) is 2.41. The fraction of sp³-hybridized carbons (Fsp3) is 0.889. The number of aliphatic hydroxyl groups is 1. The van der Waals surface area contributed by atoms with Gasteiger partial charge in [0.15, 0.2) is 0 Å². The summed E-state index contributed by atoms with van der Waals surface area (Å²) in [5.41, 5.74) is 0.0965. The van der Waals surface area contributed by atoms with E-state index in [2.05, 4.69) is 6.92 Å². The van der Waals surface area contributed by atoms with Crippen molar-refractivity contribution in [3.05, 3.63) is 0 Å². The maximum atomic E-state index is 11.1. The van der Waals surface area contributed by atoms with Gasteiger partial charge in [-0.1, -0.05) is 6.92 Å². The van der Waals surface area contributed by atoms with Crippen LogP contribution >= 0.6 is 0 Å². The number of aliphatic hydroxyl groups excluding tert-OH is 1. The molecule has 1 aliphatic carbocycles. The van der Waals surface area contributed by atoms with Gasteiger partial charge in [0.2, 0.25) is 0 Å². The minimum Gasteiger partial charge on any atom is -0.460 e. The van der Waals surface area contributed by atoms with Crippen LogP contribution in [0.15, 0.2) is 0 Å². The monoisotopic (exact) mass is 170 g/mol. The zero-order valence-electron chi connectivity index (χ0n) is 7.25. The smallest absolute Gasteiger partial charge is 0.306 e. The Bertz CT molecular complexity index is 214. The molecule has 3 atom stereocenters. The Morgan fingerprint density at radius 2 is 2.42 bits per heavy atom. The van der Waals surface area contributed by atoms with Crippen molar-refractivity contribution in [3.8, 4) is 0 Å². The molecule has 1 heterocycles. The van der Waals surface area contributed by atoms with Crippen molar-refractivity contribution in [2.75, 3.05) is 0 Å². The number of fused-ring (bicyclic) bond motifs is 2. The second-order valence-corrected chi connectivity index (χ2v) is 4.33. The van der Waals surface area contributed by atoms with E-state index in [4.69, 9.17) is 4.74 Å². The third-order valence-electron chi connectivity index (χ3n) is 3.02. The predicted molar refractivity (Wildman–Crippen MR) is 42.5 cm³/mol. The van der Waals surface area contributed by atoms with Gasteiger partial charge in [0, 0.05) is 0 Å². The van der Waals surface area contributed by atoms with Crippen LogP contribution in [0.25, 0.3) is 0 Å². The van der Waals surface area contributed by atoms with Crippen LogP contribution in [-0.4, -0.2) is 23.3 Å². The Kier molecular flexibility index (Phi) is 1.65. The Morgan fingerprint density at radius 1 is 1.67 bits per heavy atom. The molecule has 0 spiro atoms. The number of hydrogen-bond acceptors (Lipinski definition) is 3. The predicted octanol–water partition coefficient (Wildman–Crippen LogP) is 0.853. The maximum absolute atomic E-state index is 11.1. The molecule has 2 bridgehead atoms. The lowest BCUT2D eigenvalue weighted by molar-refractivity contribution is -0.178. The first kappa shape index (κ1) is 8.05. The molecular weight excluding hydrogens is 156 g/mol. The van der Waals surface area contributed by atoms with E-state index >= 15 is 0 Å². The fourth-order valence-electron chi connectivity index (χ4n) is 2.25. The molecule has 1 N–H and O–H groups in total. The summed E-state index contributed by atoms with van der Waals surface area (Å²) < 4.78 is 5.05. The largest absolute Gasteiger partial charge is 0.460 e. The average molecular weight is 170 g/mol. The first-order chi connectivity index (χ1) is 5.59. The summed E-state index contributed by atoms with van der Waals surface area (Å²) in [7, 11) is 0. The standard InChI is InChI=1S/C9H14O3/c1-9-3-2-6(10)7(4-9)12-8(11)5-9/h6-7,10H,2-5H2,1H3/t6-,7+,9+/m1/s1. The van der Waals surface area contributed by atoms with E-state index < -0.39 is 6.10 Å². The fourth-order valence-corrected chi connectivity index (χ4v) is 2.25. The first-order valence-corrected chi connectivity index (χ1v) is 4.47. The van der Waals surface area contributed by atoms with E-state index in [1.165, 1.54) is 0 Å². The van der Waals surface area contributed by atoms with E-state index in [-0.39, 0.29) is 17.5 Å². The highest BCUT2D eigenvalue weighted by Crippen LogP contribution is 2.43. The molecule has 3 heteroatoms. The minimum atomic E-state index is -0.428. The SMILES string of the molecule is C[C@]12CC[C@@H](O)[C@H](C1)OC(=O)C2. The Morgan fingerprint density at radius 3 is 3.17 bits per heavy atom. The van der Waals surface area contributed by atoms with Crippen LogP contribution in [0.2, 0.25) is 0 Å². The van der Waals surface area contributed by atoms with Crippen molar-refractivity contribution in [1.82, 2.24) is 0 Å². The molecule has 0 aromatic heterocycles. The zero-order valence-corrected chi connectivity index (χ0v) is 7.25. The molecule has 1 saturated carbocycles. The zero-order chi connectivity index (χ0) is 8.77. The van der Waals surface area contributed by atoms with Crippen LogP contribution in [-0.2, 0) is 9.53 Å². The van der Waals surface area contributed by atoms with Crippen LogP contribution in [0, 0.1) is 5.41 Å². The number of esters is 1. The molecule has 68 valence electrons. The topological polar surface area (TPSA) is 46.5 Å².